The molecule has 0 aromatic carbocycles. The van der Waals surface area contributed by atoms with Gasteiger partial charge in [0.15, 0.2) is 5.54 Å². The topological polar surface area (TPSA) is 150 Å². The number of hydrogen-bond acceptors (Lipinski definition) is 7. The number of amidine groups is 1. The third kappa shape index (κ3) is 5.91. The van der Waals surface area contributed by atoms with Crippen LogP contribution in [0.15, 0.2) is 32.3 Å². The van der Waals surface area contributed by atoms with Gasteiger partial charge in [-0.05, 0) is 35.9 Å². The lowest BCUT2D eigenvalue weighted by Gasteiger charge is -2.16. The highest BCUT2D eigenvalue weighted by Crippen LogP contribution is 2.39. The minimum absolute atomic E-state index is 0.0585. The van der Waals surface area contributed by atoms with Crippen LogP contribution in [0.1, 0.15) is 29.6 Å². The van der Waals surface area contributed by atoms with Crippen molar-refractivity contribution in [3.05, 3.63) is 22.4 Å². The summed E-state index contributed by atoms with van der Waals surface area (Å²) in [6.45, 7) is 0. The number of nitrogens with one attached hydrogen (secondary N) is 1. The van der Waals surface area contributed by atoms with Gasteiger partial charge in [0.2, 0.25) is 0 Å². The first kappa shape index (κ1) is 19.0. The van der Waals surface area contributed by atoms with Gasteiger partial charge >= 0.3 is 0 Å². The van der Waals surface area contributed by atoms with Gasteiger partial charge in [0, 0.05) is 11.6 Å². The van der Waals surface area contributed by atoms with E-state index in [4.69, 9.17) is 11.0 Å². The average Bonchev–Trinajstić information content (AvgIpc) is 3.11. The van der Waals surface area contributed by atoms with E-state index in [1.807, 2.05) is 6.07 Å². The van der Waals surface area contributed by atoms with Gasteiger partial charge < -0.3 is 11.1 Å². The van der Waals surface area contributed by atoms with Crippen LogP contribution in [-0.2, 0) is 9.84 Å². The summed E-state index contributed by atoms with van der Waals surface area (Å²) in [6.07, 6.45) is 2.40. The Bertz CT molecular complexity index is 819. The largest absolute Gasteiger partial charge is 0.384 e. The lowest BCUT2D eigenvalue weighted by Crippen LogP contribution is -2.45. The van der Waals surface area contributed by atoms with Crippen LogP contribution in [0.2, 0.25) is 0 Å². The van der Waals surface area contributed by atoms with E-state index in [1.54, 1.807) is 16.8 Å². The third-order valence-electron chi connectivity index (χ3n) is 3.55. The number of nitriles is 1. The van der Waals surface area contributed by atoms with Crippen molar-refractivity contribution in [1.29, 1.82) is 5.26 Å². The van der Waals surface area contributed by atoms with Crippen molar-refractivity contribution in [2.45, 2.75) is 30.8 Å². The highest BCUT2D eigenvalue weighted by atomic mass is 32.2. The quantitative estimate of drug-likeness (QED) is 0.298. The van der Waals surface area contributed by atoms with Crippen LogP contribution in [0.25, 0.3) is 0 Å². The molecule has 1 fully saturated rings. The molecule has 25 heavy (non-hydrogen) atoms. The van der Waals surface area contributed by atoms with Crippen molar-refractivity contribution >= 4 is 32.9 Å². The second kappa shape index (κ2) is 7.71. The fourth-order valence-corrected chi connectivity index (χ4v) is 3.14. The first-order valence-corrected chi connectivity index (χ1v) is 10.4. The monoisotopic (exact) mass is 382 g/mol. The zero-order chi connectivity index (χ0) is 18.5. The summed E-state index contributed by atoms with van der Waals surface area (Å²) >= 11 is 1.36. The van der Waals surface area contributed by atoms with Crippen LogP contribution >= 0.6 is 11.3 Å². The summed E-state index contributed by atoms with van der Waals surface area (Å²) in [7, 11) is -3.24. The van der Waals surface area contributed by atoms with E-state index in [0.717, 1.165) is 6.26 Å². The lowest BCUT2D eigenvalue weighted by molar-refractivity contribution is 0.0946. The van der Waals surface area contributed by atoms with Crippen molar-refractivity contribution in [3.8, 4) is 6.07 Å². The molecular weight excluding hydrogens is 364 g/mol. The molecule has 1 atom stereocenters. The number of thiophene rings is 1. The smallest absolute Gasteiger partial charge is 0.252 e. The molecule has 1 aliphatic rings. The molecule has 0 bridgehead atoms. The molecule has 2 rings (SSSR count). The van der Waals surface area contributed by atoms with Crippen LogP contribution in [0.3, 0.4) is 0 Å². The molecule has 3 N–H and O–H groups in total. The third-order valence-corrected chi connectivity index (χ3v) is 5.21. The molecule has 1 saturated carbocycles. The minimum Gasteiger partial charge on any atom is -0.384 e. The van der Waals surface area contributed by atoms with Crippen LogP contribution in [-0.4, -0.2) is 43.7 Å². The Balaban J connectivity index is 2.09. The fourth-order valence-electron chi connectivity index (χ4n) is 1.84. The first-order valence-electron chi connectivity index (χ1n) is 7.42. The Kier molecular flexibility index (Phi) is 5.86. The summed E-state index contributed by atoms with van der Waals surface area (Å²) in [6, 6.07) is 2.87. The van der Waals surface area contributed by atoms with Crippen LogP contribution < -0.4 is 11.1 Å². The zero-order valence-electron chi connectivity index (χ0n) is 13.5. The fraction of sp³-hybridized carbons (Fsp3) is 0.500. The van der Waals surface area contributed by atoms with Crippen molar-refractivity contribution in [3.63, 3.8) is 0 Å². The number of nitrogens with two attached hydrogens (primary N) is 1. The second-order valence-electron chi connectivity index (χ2n) is 5.81. The van der Waals surface area contributed by atoms with E-state index >= 15 is 0 Å². The van der Waals surface area contributed by atoms with Gasteiger partial charge in [-0.15, -0.1) is 10.2 Å². The maximum Gasteiger partial charge on any atom is 0.252 e. The summed E-state index contributed by atoms with van der Waals surface area (Å²) in [5.74, 6) is -0.618. The van der Waals surface area contributed by atoms with Gasteiger partial charge in [-0.1, -0.05) is 0 Å². The van der Waals surface area contributed by atoms with Crippen molar-refractivity contribution in [2.24, 2.45) is 21.2 Å². The Morgan fingerprint density at radius 1 is 1.56 bits per heavy atom. The van der Waals surface area contributed by atoms with E-state index in [-0.39, 0.29) is 23.9 Å². The summed E-state index contributed by atoms with van der Waals surface area (Å²) < 4.78 is 22.8. The van der Waals surface area contributed by atoms with Gasteiger partial charge in [0.1, 0.15) is 15.7 Å². The number of sulfone groups is 1. The standard InChI is InChI=1S/C14H18N6O3S2/c1-25(22,23)7-3-11(17-13(21)10-2-6-24-8-10)12(16)18-20-19-14(9-15)4-5-14/h2,6,8,11H,3-5,7H2,1H3,(H,17,21)(H2,16,18,19). The van der Waals surface area contributed by atoms with E-state index in [2.05, 4.69) is 20.8 Å². The molecule has 1 amide bonds. The molecule has 1 aliphatic carbocycles. The van der Waals surface area contributed by atoms with E-state index in [0.29, 0.717) is 18.4 Å². The Hall–Kier alpha value is -2.32. The molecule has 134 valence electrons. The second-order valence-corrected chi connectivity index (χ2v) is 8.85. The van der Waals surface area contributed by atoms with E-state index in [1.165, 1.54) is 11.3 Å². The molecule has 0 aliphatic heterocycles. The predicted octanol–water partition coefficient (Wildman–Crippen LogP) is 1.06. The van der Waals surface area contributed by atoms with Gasteiger partial charge in [-0.2, -0.15) is 16.6 Å². The predicted molar refractivity (Wildman–Crippen MR) is 94.0 cm³/mol. The van der Waals surface area contributed by atoms with Crippen molar-refractivity contribution < 1.29 is 13.2 Å². The number of carbonyl (C=O) groups is 1. The molecule has 1 aromatic heterocycles. The van der Waals surface area contributed by atoms with E-state index in [9.17, 15) is 13.2 Å². The number of amides is 1. The van der Waals surface area contributed by atoms with Crippen molar-refractivity contribution in [2.75, 3.05) is 12.0 Å². The molecule has 0 spiro atoms. The molecule has 11 heteroatoms. The summed E-state index contributed by atoms with van der Waals surface area (Å²) in [4.78, 5) is 12.2. The first-order chi connectivity index (χ1) is 11.7. The van der Waals surface area contributed by atoms with Gasteiger partial charge in [-0.25, -0.2) is 8.42 Å². The molecule has 0 saturated heterocycles. The molecule has 9 nitrogen and oxygen atoms in total. The number of rotatable bonds is 8. The number of nitrogens with zero attached hydrogens (tertiary/aromatic N) is 4. The number of hydrogen-bond donors (Lipinski definition) is 2. The molecule has 1 unspecified atom stereocenters. The Morgan fingerprint density at radius 2 is 2.28 bits per heavy atom. The summed E-state index contributed by atoms with van der Waals surface area (Å²) in [5.41, 5.74) is 5.48. The van der Waals surface area contributed by atoms with Gasteiger partial charge in [0.25, 0.3) is 5.91 Å². The highest BCUT2D eigenvalue weighted by Gasteiger charge is 2.44. The lowest BCUT2D eigenvalue weighted by atomic mass is 10.2. The Morgan fingerprint density at radius 3 is 2.80 bits per heavy atom. The van der Waals surface area contributed by atoms with Gasteiger partial charge in [-0.3, -0.25) is 4.79 Å². The maximum absolute atomic E-state index is 12.2. The minimum atomic E-state index is -3.24. The molecule has 0 radical (unpaired) electrons. The van der Waals surface area contributed by atoms with Gasteiger partial charge in [0.05, 0.1) is 23.4 Å². The van der Waals surface area contributed by atoms with Crippen LogP contribution in [0, 0.1) is 11.3 Å². The van der Waals surface area contributed by atoms with E-state index < -0.39 is 21.4 Å². The molecule has 1 heterocycles. The van der Waals surface area contributed by atoms with Crippen LogP contribution in [0.5, 0.6) is 0 Å². The SMILES string of the molecule is CS(=O)(=O)CCC(NC(=O)c1ccsc1)C(N)=NN=NC1(C#N)CC1. The van der Waals surface area contributed by atoms with Crippen LogP contribution in [0.4, 0.5) is 0 Å². The Labute approximate surface area is 149 Å². The molecule has 1 aromatic rings. The zero-order valence-corrected chi connectivity index (χ0v) is 15.2. The van der Waals surface area contributed by atoms with Crippen molar-refractivity contribution in [1.82, 2.24) is 5.32 Å². The molecular formula is C14H18N6O3S2. The highest BCUT2D eigenvalue weighted by molar-refractivity contribution is 7.90. The normalized spacial score (nSPS) is 17.8. The number of carbonyl (C=O) groups excluding carboxylic acids is 1. The summed E-state index contributed by atoms with van der Waals surface area (Å²) in [5, 5.41) is 26.1. The average molecular weight is 382 g/mol. The maximum atomic E-state index is 12.2.